The molecule has 12 nitrogen and oxygen atoms in total. The molecule has 0 saturated carbocycles. The molecule has 0 spiro atoms. The first kappa shape index (κ1) is 19.4. The van der Waals surface area contributed by atoms with Gasteiger partial charge in [0.2, 0.25) is 21.9 Å². The summed E-state index contributed by atoms with van der Waals surface area (Å²) in [6.07, 6.45) is 5.93. The zero-order valence-corrected chi connectivity index (χ0v) is 16.6. The minimum absolute atomic E-state index is 0.171. The molecule has 1 fully saturated rings. The summed E-state index contributed by atoms with van der Waals surface area (Å²) in [5.74, 6) is 0.718. The number of aromatic nitrogens is 6. The topological polar surface area (TPSA) is 154 Å². The van der Waals surface area contributed by atoms with E-state index in [9.17, 15) is 8.42 Å². The molecular weight excluding hydrogens is 398 g/mol. The molecule has 3 aromatic heterocycles. The zero-order chi connectivity index (χ0) is 20.4. The Hall–Kier alpha value is -2.90. The maximum absolute atomic E-state index is 11.3. The summed E-state index contributed by atoms with van der Waals surface area (Å²) in [5.41, 5.74) is 8.04. The average molecular weight is 419 g/mol. The zero-order valence-electron chi connectivity index (χ0n) is 15.8. The molecule has 4 heterocycles. The lowest BCUT2D eigenvalue weighted by molar-refractivity contribution is 0.122. The molecular formula is C16H21N9O3S. The van der Waals surface area contributed by atoms with Crippen molar-refractivity contribution in [2.75, 3.05) is 49.7 Å². The number of nitrogen functional groups attached to an aromatic ring is 1. The first-order valence-corrected chi connectivity index (χ1v) is 10.9. The third kappa shape index (κ3) is 4.41. The number of anilines is 2. The number of rotatable bonds is 6. The Morgan fingerprint density at radius 3 is 2.59 bits per heavy atom. The third-order valence-electron chi connectivity index (χ3n) is 4.41. The molecule has 0 bridgehead atoms. The molecule has 0 radical (unpaired) electrons. The van der Waals surface area contributed by atoms with Crippen LogP contribution in [0, 0.1) is 0 Å². The van der Waals surface area contributed by atoms with Gasteiger partial charge in [-0.25, -0.2) is 33.1 Å². The van der Waals surface area contributed by atoms with Gasteiger partial charge in [-0.1, -0.05) is 0 Å². The van der Waals surface area contributed by atoms with E-state index in [0.717, 1.165) is 6.26 Å². The van der Waals surface area contributed by atoms with Gasteiger partial charge in [0.25, 0.3) is 0 Å². The van der Waals surface area contributed by atoms with Crippen LogP contribution in [0.1, 0.15) is 0 Å². The number of ether oxygens (including phenoxy) is 1. The Bertz CT molecular complexity index is 1110. The van der Waals surface area contributed by atoms with Crippen LogP contribution in [0.3, 0.4) is 0 Å². The van der Waals surface area contributed by atoms with Gasteiger partial charge >= 0.3 is 0 Å². The van der Waals surface area contributed by atoms with Crippen molar-refractivity contribution in [1.29, 1.82) is 0 Å². The minimum atomic E-state index is -3.28. The van der Waals surface area contributed by atoms with Gasteiger partial charge in [-0.2, -0.15) is 4.98 Å². The molecule has 13 heteroatoms. The first-order valence-electron chi connectivity index (χ1n) is 8.99. The summed E-state index contributed by atoms with van der Waals surface area (Å²) in [5, 5.41) is 0. The van der Waals surface area contributed by atoms with E-state index < -0.39 is 10.0 Å². The van der Waals surface area contributed by atoms with Crippen LogP contribution in [0.25, 0.3) is 22.4 Å². The second kappa shape index (κ2) is 7.85. The fraction of sp³-hybridized carbons (Fsp3) is 0.438. The lowest BCUT2D eigenvalue weighted by Crippen LogP contribution is -2.37. The summed E-state index contributed by atoms with van der Waals surface area (Å²) < 4.78 is 32.4. The number of sulfonamides is 1. The molecule has 0 unspecified atom stereocenters. The van der Waals surface area contributed by atoms with Crippen LogP contribution in [0.2, 0.25) is 0 Å². The number of imidazole rings is 1. The number of hydrogen-bond acceptors (Lipinski definition) is 10. The molecule has 29 heavy (non-hydrogen) atoms. The molecule has 1 aliphatic heterocycles. The van der Waals surface area contributed by atoms with Gasteiger partial charge in [0, 0.05) is 44.1 Å². The maximum atomic E-state index is 11.3. The van der Waals surface area contributed by atoms with Gasteiger partial charge in [-0.15, -0.1) is 0 Å². The SMILES string of the molecule is CS(=O)(=O)NCCn1cnc2c(-c3cnc(N)nc3)nc(N3CCOCC3)nc21. The minimum Gasteiger partial charge on any atom is -0.378 e. The smallest absolute Gasteiger partial charge is 0.228 e. The van der Waals surface area contributed by atoms with Crippen LogP contribution in [-0.4, -0.2) is 77.0 Å². The lowest BCUT2D eigenvalue weighted by Gasteiger charge is -2.27. The van der Waals surface area contributed by atoms with Crippen molar-refractivity contribution >= 4 is 33.1 Å². The van der Waals surface area contributed by atoms with Crippen molar-refractivity contribution in [2.24, 2.45) is 0 Å². The predicted molar refractivity (Wildman–Crippen MR) is 107 cm³/mol. The van der Waals surface area contributed by atoms with Gasteiger partial charge < -0.3 is 19.9 Å². The number of fused-ring (bicyclic) bond motifs is 1. The summed E-state index contributed by atoms with van der Waals surface area (Å²) in [4.78, 5) is 24.0. The van der Waals surface area contributed by atoms with Crippen LogP contribution in [0.5, 0.6) is 0 Å². The standard InChI is InChI=1S/C16H21N9O3S/c1-29(26,27)21-2-3-25-10-20-13-12(11-8-18-15(17)19-9-11)22-16(23-14(13)25)24-4-6-28-7-5-24/h8-10,21H,2-7H2,1H3,(H2,17,18,19). The number of nitrogens with one attached hydrogen (secondary N) is 1. The van der Waals surface area contributed by atoms with Gasteiger partial charge in [0.1, 0.15) is 11.2 Å². The number of morpholine rings is 1. The molecule has 3 aromatic rings. The van der Waals surface area contributed by atoms with Gasteiger partial charge in [-0.05, 0) is 0 Å². The lowest BCUT2D eigenvalue weighted by atomic mass is 10.2. The first-order chi connectivity index (χ1) is 13.9. The fourth-order valence-corrected chi connectivity index (χ4v) is 3.48. The molecule has 1 saturated heterocycles. The van der Waals surface area contributed by atoms with Crippen molar-refractivity contribution in [3.05, 3.63) is 18.7 Å². The highest BCUT2D eigenvalue weighted by Gasteiger charge is 2.20. The van der Waals surface area contributed by atoms with Crippen LogP contribution in [0.4, 0.5) is 11.9 Å². The van der Waals surface area contributed by atoms with Crippen molar-refractivity contribution < 1.29 is 13.2 Å². The quantitative estimate of drug-likeness (QED) is 0.521. The highest BCUT2D eigenvalue weighted by atomic mass is 32.2. The monoisotopic (exact) mass is 419 g/mol. The maximum Gasteiger partial charge on any atom is 0.228 e. The van der Waals surface area contributed by atoms with Gasteiger partial charge in [0.15, 0.2) is 5.65 Å². The molecule has 4 rings (SSSR count). The summed E-state index contributed by atoms with van der Waals surface area (Å²) in [7, 11) is -3.28. The summed E-state index contributed by atoms with van der Waals surface area (Å²) >= 11 is 0. The van der Waals surface area contributed by atoms with Crippen molar-refractivity contribution in [1.82, 2.24) is 34.2 Å². The highest BCUT2D eigenvalue weighted by Crippen LogP contribution is 2.27. The van der Waals surface area contributed by atoms with Crippen LogP contribution >= 0.6 is 0 Å². The second-order valence-electron chi connectivity index (χ2n) is 6.58. The van der Waals surface area contributed by atoms with Crippen molar-refractivity contribution in [2.45, 2.75) is 6.54 Å². The number of hydrogen-bond donors (Lipinski definition) is 2. The molecule has 3 N–H and O–H groups in total. The number of nitrogens with zero attached hydrogens (tertiary/aromatic N) is 7. The Morgan fingerprint density at radius 1 is 1.17 bits per heavy atom. The van der Waals surface area contributed by atoms with E-state index in [0.29, 0.717) is 61.2 Å². The summed E-state index contributed by atoms with van der Waals surface area (Å²) in [6, 6.07) is 0. The van der Waals surface area contributed by atoms with Crippen LogP contribution < -0.4 is 15.4 Å². The molecule has 0 atom stereocenters. The average Bonchev–Trinajstić information content (AvgIpc) is 3.11. The van der Waals surface area contributed by atoms with E-state index in [1.165, 1.54) is 0 Å². The molecule has 0 aromatic carbocycles. The van der Waals surface area contributed by atoms with E-state index >= 15 is 0 Å². The Morgan fingerprint density at radius 2 is 1.90 bits per heavy atom. The second-order valence-corrected chi connectivity index (χ2v) is 8.41. The van der Waals surface area contributed by atoms with E-state index in [4.69, 9.17) is 20.4 Å². The van der Waals surface area contributed by atoms with Crippen molar-refractivity contribution in [3.8, 4) is 11.3 Å². The largest absolute Gasteiger partial charge is 0.378 e. The molecule has 154 valence electrons. The van der Waals surface area contributed by atoms with Gasteiger partial charge in [-0.3, -0.25) is 0 Å². The normalized spacial score (nSPS) is 15.1. The van der Waals surface area contributed by atoms with E-state index in [1.54, 1.807) is 23.3 Å². The fourth-order valence-electron chi connectivity index (χ4n) is 3.01. The Balaban J connectivity index is 1.76. The molecule has 1 aliphatic rings. The number of nitrogens with two attached hydrogens (primary N) is 1. The third-order valence-corrected chi connectivity index (χ3v) is 5.14. The molecule has 0 aliphatic carbocycles. The molecule has 0 amide bonds. The summed E-state index contributed by atoms with van der Waals surface area (Å²) in [6.45, 7) is 3.14. The van der Waals surface area contributed by atoms with E-state index in [-0.39, 0.29) is 12.5 Å². The van der Waals surface area contributed by atoms with Crippen molar-refractivity contribution in [3.63, 3.8) is 0 Å². The Labute approximate surface area is 167 Å². The van der Waals surface area contributed by atoms with E-state index in [1.807, 2.05) is 4.90 Å². The van der Waals surface area contributed by atoms with Crippen LogP contribution in [-0.2, 0) is 21.3 Å². The highest BCUT2D eigenvalue weighted by molar-refractivity contribution is 7.88. The van der Waals surface area contributed by atoms with E-state index in [2.05, 4.69) is 19.7 Å². The van der Waals surface area contributed by atoms with Crippen LogP contribution in [0.15, 0.2) is 18.7 Å². The predicted octanol–water partition coefficient (Wildman–Crippen LogP) is -0.749. The van der Waals surface area contributed by atoms with Gasteiger partial charge in [0.05, 0.1) is 25.8 Å². The Kier molecular flexibility index (Phi) is 5.25.